The van der Waals surface area contributed by atoms with Crippen molar-refractivity contribution in [1.82, 2.24) is 25.3 Å². The van der Waals surface area contributed by atoms with E-state index in [2.05, 4.69) is 36.3 Å². The van der Waals surface area contributed by atoms with Gasteiger partial charge in [-0.25, -0.2) is 4.98 Å². The van der Waals surface area contributed by atoms with Gasteiger partial charge in [0.25, 0.3) is 11.5 Å². The molecule has 3 aromatic heterocycles. The van der Waals surface area contributed by atoms with E-state index in [1.807, 2.05) is 25.1 Å². The Morgan fingerprint density at radius 2 is 1.97 bits per heavy atom. The van der Waals surface area contributed by atoms with Crippen LogP contribution in [-0.4, -0.2) is 59.2 Å². The SMILES string of the molecule is CNC(=O)c1ccc(N2CCN(Cc3ccc4c(c3)[nH]c(=O)c3oncc34)CC2)c(C)n1. The van der Waals surface area contributed by atoms with Crippen molar-refractivity contribution in [3.8, 4) is 0 Å². The van der Waals surface area contributed by atoms with Gasteiger partial charge >= 0.3 is 0 Å². The molecule has 1 fully saturated rings. The van der Waals surface area contributed by atoms with Crippen molar-refractivity contribution in [2.75, 3.05) is 38.1 Å². The minimum Gasteiger partial charge on any atom is -0.368 e. The number of carbonyl (C=O) groups excluding carboxylic acids is 1. The molecule has 9 heteroatoms. The van der Waals surface area contributed by atoms with Gasteiger partial charge in [0, 0.05) is 50.7 Å². The van der Waals surface area contributed by atoms with Crippen molar-refractivity contribution in [3.05, 3.63) is 63.8 Å². The second-order valence-corrected chi connectivity index (χ2v) is 8.05. The summed E-state index contributed by atoms with van der Waals surface area (Å²) in [5, 5.41) is 8.02. The molecule has 0 radical (unpaired) electrons. The van der Waals surface area contributed by atoms with Crippen LogP contribution < -0.4 is 15.8 Å². The van der Waals surface area contributed by atoms with Crippen molar-refractivity contribution >= 4 is 33.5 Å². The zero-order valence-corrected chi connectivity index (χ0v) is 18.0. The zero-order valence-electron chi connectivity index (χ0n) is 18.0. The predicted molar refractivity (Wildman–Crippen MR) is 122 cm³/mol. The summed E-state index contributed by atoms with van der Waals surface area (Å²) in [7, 11) is 1.61. The van der Waals surface area contributed by atoms with E-state index in [4.69, 9.17) is 4.52 Å². The molecule has 0 atom stereocenters. The van der Waals surface area contributed by atoms with Gasteiger partial charge in [0.1, 0.15) is 5.69 Å². The van der Waals surface area contributed by atoms with Crippen LogP contribution in [0.25, 0.3) is 21.9 Å². The number of anilines is 1. The molecule has 164 valence electrons. The van der Waals surface area contributed by atoms with Crippen LogP contribution >= 0.6 is 0 Å². The number of hydrogen-bond acceptors (Lipinski definition) is 7. The fourth-order valence-electron chi connectivity index (χ4n) is 4.35. The van der Waals surface area contributed by atoms with Crippen LogP contribution in [0.5, 0.6) is 0 Å². The summed E-state index contributed by atoms with van der Waals surface area (Å²) in [4.78, 5) is 36.1. The van der Waals surface area contributed by atoms with E-state index >= 15 is 0 Å². The second-order valence-electron chi connectivity index (χ2n) is 8.05. The molecule has 0 aliphatic carbocycles. The number of carbonyl (C=O) groups is 1. The molecule has 0 spiro atoms. The number of pyridine rings is 2. The highest BCUT2D eigenvalue weighted by Crippen LogP contribution is 2.24. The Morgan fingerprint density at radius 1 is 1.16 bits per heavy atom. The number of hydrogen-bond donors (Lipinski definition) is 2. The van der Waals surface area contributed by atoms with Gasteiger partial charge in [-0.3, -0.25) is 14.5 Å². The number of aromatic amines is 1. The number of aryl methyl sites for hydroxylation is 1. The van der Waals surface area contributed by atoms with Gasteiger partial charge in [-0.2, -0.15) is 0 Å². The Labute approximate surface area is 184 Å². The largest absolute Gasteiger partial charge is 0.368 e. The van der Waals surface area contributed by atoms with Crippen LogP contribution in [0.1, 0.15) is 21.7 Å². The summed E-state index contributed by atoms with van der Waals surface area (Å²) < 4.78 is 5.06. The van der Waals surface area contributed by atoms with Crippen molar-refractivity contribution in [1.29, 1.82) is 0 Å². The number of fused-ring (bicyclic) bond motifs is 3. The molecule has 4 aromatic rings. The number of nitrogens with one attached hydrogen (secondary N) is 2. The molecular weight excluding hydrogens is 408 g/mol. The summed E-state index contributed by atoms with van der Waals surface area (Å²) in [6.45, 7) is 6.34. The molecular formula is C23H24N6O3. The summed E-state index contributed by atoms with van der Waals surface area (Å²) >= 11 is 0. The minimum absolute atomic E-state index is 0.175. The number of nitrogens with zero attached hydrogens (tertiary/aromatic N) is 4. The smallest absolute Gasteiger partial charge is 0.294 e. The summed E-state index contributed by atoms with van der Waals surface area (Å²) in [5.74, 6) is -0.175. The maximum atomic E-state index is 12.2. The third kappa shape index (κ3) is 3.60. The number of rotatable bonds is 4. The van der Waals surface area contributed by atoms with Gasteiger partial charge in [0.05, 0.1) is 23.0 Å². The highest BCUT2D eigenvalue weighted by molar-refractivity contribution is 6.02. The van der Waals surface area contributed by atoms with Crippen LogP contribution in [0.3, 0.4) is 0 Å². The average Bonchev–Trinajstić information content (AvgIpc) is 3.30. The topological polar surface area (TPSA) is 107 Å². The first-order chi connectivity index (χ1) is 15.5. The van der Waals surface area contributed by atoms with E-state index < -0.39 is 0 Å². The number of benzene rings is 1. The van der Waals surface area contributed by atoms with Gasteiger partial charge in [0.2, 0.25) is 5.58 Å². The molecule has 1 aromatic carbocycles. The van der Waals surface area contributed by atoms with Gasteiger partial charge < -0.3 is 19.7 Å². The van der Waals surface area contributed by atoms with Crippen LogP contribution in [-0.2, 0) is 6.54 Å². The van der Waals surface area contributed by atoms with E-state index in [1.165, 1.54) is 0 Å². The third-order valence-corrected chi connectivity index (χ3v) is 6.04. The standard InChI is InChI=1S/C23H24N6O3/c1-14-20(6-5-18(26-14)22(30)24-2)29-9-7-28(8-10-29)13-15-3-4-16-17-12-25-32-21(17)23(31)27-19(16)11-15/h3-6,11-12H,7-10,13H2,1-2H3,(H,24,30)(H,27,31). The first-order valence-corrected chi connectivity index (χ1v) is 10.6. The molecule has 5 rings (SSSR count). The van der Waals surface area contributed by atoms with E-state index in [-0.39, 0.29) is 17.0 Å². The lowest BCUT2D eigenvalue weighted by Gasteiger charge is -2.36. The second kappa shape index (κ2) is 8.08. The molecule has 1 aliphatic heterocycles. The molecule has 1 saturated heterocycles. The Kier molecular flexibility index (Phi) is 5.10. The van der Waals surface area contributed by atoms with E-state index in [0.29, 0.717) is 5.69 Å². The number of aromatic nitrogens is 3. The first kappa shape index (κ1) is 20.2. The lowest BCUT2D eigenvalue weighted by Crippen LogP contribution is -2.46. The molecule has 0 unspecified atom stereocenters. The monoisotopic (exact) mass is 432 g/mol. The van der Waals surface area contributed by atoms with Crippen LogP contribution in [0.15, 0.2) is 45.8 Å². The lowest BCUT2D eigenvalue weighted by atomic mass is 10.1. The number of piperazine rings is 1. The summed E-state index contributed by atoms with van der Waals surface area (Å²) in [5.41, 5.74) is 4.29. The molecule has 2 N–H and O–H groups in total. The maximum absolute atomic E-state index is 12.2. The van der Waals surface area contributed by atoms with Crippen molar-refractivity contribution in [2.24, 2.45) is 0 Å². The predicted octanol–water partition coefficient (Wildman–Crippen LogP) is 2.05. The molecule has 0 saturated carbocycles. The van der Waals surface area contributed by atoms with Gasteiger partial charge in [-0.1, -0.05) is 17.3 Å². The Hall–Kier alpha value is -3.72. The highest BCUT2D eigenvalue weighted by Gasteiger charge is 2.20. The van der Waals surface area contributed by atoms with Gasteiger partial charge in [0.15, 0.2) is 0 Å². The Morgan fingerprint density at radius 3 is 2.72 bits per heavy atom. The normalized spacial score (nSPS) is 14.9. The van der Waals surface area contributed by atoms with Gasteiger partial charge in [-0.15, -0.1) is 0 Å². The minimum atomic E-state index is -0.262. The molecule has 4 heterocycles. The lowest BCUT2D eigenvalue weighted by molar-refractivity contribution is 0.0958. The van der Waals surface area contributed by atoms with Gasteiger partial charge in [-0.05, 0) is 30.7 Å². The fraction of sp³-hybridized carbons (Fsp3) is 0.304. The number of H-pyrrole nitrogens is 1. The third-order valence-electron chi connectivity index (χ3n) is 6.04. The van der Waals surface area contributed by atoms with E-state index in [9.17, 15) is 9.59 Å². The first-order valence-electron chi connectivity index (χ1n) is 10.6. The van der Waals surface area contributed by atoms with Crippen molar-refractivity contribution in [3.63, 3.8) is 0 Å². The molecule has 1 aliphatic rings. The van der Waals surface area contributed by atoms with Crippen molar-refractivity contribution in [2.45, 2.75) is 13.5 Å². The molecule has 9 nitrogen and oxygen atoms in total. The van der Waals surface area contributed by atoms with Crippen molar-refractivity contribution < 1.29 is 9.32 Å². The summed E-state index contributed by atoms with van der Waals surface area (Å²) in [6.07, 6.45) is 1.59. The Balaban J connectivity index is 1.28. The summed E-state index contributed by atoms with van der Waals surface area (Å²) in [6, 6.07) is 9.88. The molecule has 0 bridgehead atoms. The van der Waals surface area contributed by atoms with Crippen LogP contribution in [0, 0.1) is 6.92 Å². The van der Waals surface area contributed by atoms with Crippen LogP contribution in [0.2, 0.25) is 0 Å². The fourth-order valence-corrected chi connectivity index (χ4v) is 4.35. The molecule has 1 amide bonds. The average molecular weight is 432 g/mol. The quantitative estimate of drug-likeness (QED) is 0.508. The van der Waals surface area contributed by atoms with E-state index in [1.54, 1.807) is 19.3 Å². The molecule has 32 heavy (non-hydrogen) atoms. The number of amides is 1. The van der Waals surface area contributed by atoms with E-state index in [0.717, 1.165) is 66.0 Å². The highest BCUT2D eigenvalue weighted by atomic mass is 16.5. The zero-order chi connectivity index (χ0) is 22.2. The Bertz CT molecular complexity index is 1370. The maximum Gasteiger partial charge on any atom is 0.294 e. The van der Waals surface area contributed by atoms with Crippen LogP contribution in [0.4, 0.5) is 5.69 Å².